The maximum Gasteiger partial charge on any atom is 0.490 e. The number of halogens is 1. The van der Waals surface area contributed by atoms with Crippen molar-refractivity contribution in [3.8, 4) is 0 Å². The summed E-state index contributed by atoms with van der Waals surface area (Å²) in [7, 11) is -16.9. The van der Waals surface area contributed by atoms with Crippen molar-refractivity contribution in [1.82, 2.24) is 9.55 Å². The number of ether oxygens (including phenoxy) is 1. The summed E-state index contributed by atoms with van der Waals surface area (Å²) in [6.45, 7) is -0.128. The van der Waals surface area contributed by atoms with Gasteiger partial charge < -0.3 is 34.5 Å². The lowest BCUT2D eigenvalue weighted by Gasteiger charge is -2.27. The van der Waals surface area contributed by atoms with Gasteiger partial charge in [-0.25, -0.2) is 22.9 Å². The van der Waals surface area contributed by atoms with Crippen LogP contribution in [0.2, 0.25) is 0 Å². The van der Waals surface area contributed by atoms with Crippen molar-refractivity contribution in [1.29, 1.82) is 0 Å². The lowest BCUT2D eigenvalue weighted by Crippen LogP contribution is -2.46. The number of aliphatic hydroxyl groups is 2. The fourth-order valence-electron chi connectivity index (χ4n) is 2.48. The van der Waals surface area contributed by atoms with E-state index in [9.17, 15) is 38.0 Å². The molecule has 1 saturated heterocycles. The maximum absolute atomic E-state index is 13.7. The molecule has 1 fully saturated rings. The monoisotopic (exact) mass is 532 g/mol. The van der Waals surface area contributed by atoms with Crippen LogP contribution in [0.5, 0.6) is 0 Å². The summed E-state index contributed by atoms with van der Waals surface area (Å²) in [6.07, 6.45) is -4.76. The Morgan fingerprint density at radius 1 is 1.26 bits per heavy atom. The number of hydrogen-bond donors (Lipinski definition) is 7. The van der Waals surface area contributed by atoms with E-state index < -0.39 is 70.3 Å². The van der Waals surface area contributed by atoms with E-state index >= 15 is 0 Å². The first-order chi connectivity index (χ1) is 13.8. The number of hydrogen-bond acceptors (Lipinski definition) is 11. The summed E-state index contributed by atoms with van der Waals surface area (Å²) >= 11 is 4.55. The molecule has 2 heterocycles. The van der Waals surface area contributed by atoms with E-state index in [0.29, 0.717) is 10.8 Å². The standard InChI is InChI=1S/C10H16FN2O14P3S/c1-10(16)6(14)5(25-8(10)13-2-4(11)7(31)12-9(13)15)3-24-29(20,21)27-30(22,23)26-28(17,18)19/h2,5-6,8,14,16H,3H2,1H3,(H,20,21)(H,22,23)(H,12,15,31)(H2,17,18,19)/t5-,6?,8-,10-/m1/s1. The summed E-state index contributed by atoms with van der Waals surface area (Å²) < 4.78 is 63.9. The Bertz CT molecular complexity index is 1100. The molecule has 1 aliphatic heterocycles. The number of aromatic nitrogens is 2. The predicted octanol–water partition coefficient (Wildman–Crippen LogP) is -0.602. The number of H-pyrrole nitrogens is 1. The fraction of sp³-hybridized carbons (Fsp3) is 0.600. The third-order valence-corrected chi connectivity index (χ3v) is 7.85. The zero-order valence-electron chi connectivity index (χ0n) is 15.0. The van der Waals surface area contributed by atoms with Crippen molar-refractivity contribution in [3.63, 3.8) is 0 Å². The minimum atomic E-state index is -5.77. The summed E-state index contributed by atoms with van der Waals surface area (Å²) in [6, 6.07) is 0. The van der Waals surface area contributed by atoms with Gasteiger partial charge in [-0.2, -0.15) is 8.62 Å². The Morgan fingerprint density at radius 2 is 1.84 bits per heavy atom. The Balaban J connectivity index is 2.17. The van der Waals surface area contributed by atoms with E-state index in [1.165, 1.54) is 0 Å². The number of aromatic amines is 1. The lowest BCUT2D eigenvalue weighted by molar-refractivity contribution is -0.0989. The number of nitrogens with one attached hydrogen (secondary N) is 1. The van der Waals surface area contributed by atoms with Crippen LogP contribution in [0, 0.1) is 10.5 Å². The lowest BCUT2D eigenvalue weighted by atomic mass is 9.96. The fourth-order valence-corrected chi connectivity index (χ4v) is 5.65. The summed E-state index contributed by atoms with van der Waals surface area (Å²) in [5, 5.41) is 20.7. The molecule has 6 atom stereocenters. The topological polar surface area (TPSA) is 247 Å². The van der Waals surface area contributed by atoms with Gasteiger partial charge in [0.1, 0.15) is 22.4 Å². The Kier molecular flexibility index (Phi) is 7.65. The molecule has 7 N–H and O–H groups in total. The van der Waals surface area contributed by atoms with E-state index in [2.05, 4.69) is 25.4 Å². The van der Waals surface area contributed by atoms with Gasteiger partial charge in [-0.05, 0) is 6.92 Å². The summed E-state index contributed by atoms with van der Waals surface area (Å²) in [4.78, 5) is 49.4. The van der Waals surface area contributed by atoms with E-state index in [4.69, 9.17) is 19.4 Å². The molecule has 21 heteroatoms. The molecule has 3 unspecified atom stereocenters. The SMILES string of the molecule is C[C@@]1(O)C(O)[C@@H](COP(=O)(O)OP(=O)(O)OP(=O)(O)O)O[C@H]1n1cc(F)c(=S)[nH]c1=O. The first-order valence-corrected chi connectivity index (χ1v) is 12.6. The second-order valence-corrected chi connectivity index (χ2v) is 11.1. The van der Waals surface area contributed by atoms with Gasteiger partial charge in [0.15, 0.2) is 12.0 Å². The van der Waals surface area contributed by atoms with Gasteiger partial charge in [-0.3, -0.25) is 14.1 Å². The van der Waals surface area contributed by atoms with Crippen molar-refractivity contribution >= 4 is 35.7 Å². The minimum absolute atomic E-state index is 0.513. The molecule has 0 radical (unpaired) electrons. The molecule has 2 rings (SSSR count). The molecule has 0 aromatic carbocycles. The summed E-state index contributed by atoms with van der Waals surface area (Å²) in [5.41, 5.74) is -3.31. The van der Waals surface area contributed by atoms with E-state index in [1.807, 2.05) is 4.98 Å². The van der Waals surface area contributed by atoms with Crippen LogP contribution in [0.4, 0.5) is 4.39 Å². The third-order valence-electron chi connectivity index (χ3n) is 3.75. The highest BCUT2D eigenvalue weighted by molar-refractivity contribution is 7.71. The van der Waals surface area contributed by atoms with Crippen molar-refractivity contribution in [2.24, 2.45) is 0 Å². The van der Waals surface area contributed by atoms with Gasteiger partial charge in [-0.15, -0.1) is 0 Å². The zero-order chi connectivity index (χ0) is 24.0. The highest BCUT2D eigenvalue weighted by Crippen LogP contribution is 2.66. The Hall–Kier alpha value is -0.680. The van der Waals surface area contributed by atoms with Gasteiger partial charge in [0.2, 0.25) is 0 Å². The molecule has 178 valence electrons. The number of phosphoric acid groups is 3. The molecule has 0 saturated carbocycles. The van der Waals surface area contributed by atoms with Gasteiger partial charge in [0.25, 0.3) is 0 Å². The van der Waals surface area contributed by atoms with E-state index in [1.54, 1.807) is 0 Å². The van der Waals surface area contributed by atoms with Crippen LogP contribution < -0.4 is 5.69 Å². The molecule has 0 spiro atoms. The van der Waals surface area contributed by atoms with Crippen molar-refractivity contribution in [2.45, 2.75) is 31.0 Å². The average Bonchev–Trinajstić information content (AvgIpc) is 2.76. The number of nitrogens with zero attached hydrogens (tertiary/aromatic N) is 1. The van der Waals surface area contributed by atoms with Gasteiger partial charge in [0, 0.05) is 0 Å². The van der Waals surface area contributed by atoms with Crippen LogP contribution in [-0.2, 0) is 31.6 Å². The normalized spacial score (nSPS) is 30.6. The number of rotatable bonds is 8. The molecule has 1 aliphatic rings. The average molecular weight is 532 g/mol. The van der Waals surface area contributed by atoms with Gasteiger partial charge in [0.05, 0.1) is 12.8 Å². The van der Waals surface area contributed by atoms with Crippen molar-refractivity contribution < 1.29 is 65.8 Å². The Labute approximate surface area is 176 Å². The first kappa shape index (κ1) is 26.6. The molecule has 0 bridgehead atoms. The van der Waals surface area contributed by atoms with Gasteiger partial charge in [-0.1, -0.05) is 12.2 Å². The minimum Gasteiger partial charge on any atom is -0.387 e. The highest BCUT2D eigenvalue weighted by Gasteiger charge is 2.54. The largest absolute Gasteiger partial charge is 0.490 e. The van der Waals surface area contributed by atoms with Crippen LogP contribution in [0.25, 0.3) is 0 Å². The summed E-state index contributed by atoms with van der Waals surface area (Å²) in [5.74, 6) is -1.07. The quantitative estimate of drug-likeness (QED) is 0.163. The van der Waals surface area contributed by atoms with Crippen LogP contribution in [0.1, 0.15) is 13.2 Å². The molecule has 16 nitrogen and oxygen atoms in total. The first-order valence-electron chi connectivity index (χ1n) is 7.70. The number of aliphatic hydroxyl groups excluding tert-OH is 1. The van der Waals surface area contributed by atoms with E-state index in [-0.39, 0.29) is 0 Å². The molecule has 31 heavy (non-hydrogen) atoms. The second kappa shape index (κ2) is 8.93. The molecule has 0 amide bonds. The van der Waals surface area contributed by atoms with Crippen LogP contribution >= 0.6 is 35.7 Å². The van der Waals surface area contributed by atoms with Crippen LogP contribution in [0.3, 0.4) is 0 Å². The Morgan fingerprint density at radius 3 is 2.39 bits per heavy atom. The van der Waals surface area contributed by atoms with Gasteiger partial charge >= 0.3 is 29.2 Å². The maximum atomic E-state index is 13.7. The second-order valence-electron chi connectivity index (χ2n) is 6.23. The third kappa shape index (κ3) is 6.66. The van der Waals surface area contributed by atoms with Crippen LogP contribution in [-0.4, -0.2) is 63.8 Å². The van der Waals surface area contributed by atoms with Crippen molar-refractivity contribution in [2.75, 3.05) is 6.61 Å². The smallest absolute Gasteiger partial charge is 0.387 e. The molecular formula is C10H16FN2O14P3S. The molecule has 1 aromatic heterocycles. The van der Waals surface area contributed by atoms with Crippen LogP contribution in [0.15, 0.2) is 11.0 Å². The zero-order valence-corrected chi connectivity index (χ0v) is 18.5. The molecule has 1 aromatic rings. The van der Waals surface area contributed by atoms with E-state index in [0.717, 1.165) is 6.92 Å². The van der Waals surface area contributed by atoms with Crippen molar-refractivity contribution in [3.05, 3.63) is 27.1 Å². The molecule has 0 aliphatic carbocycles. The predicted molar refractivity (Wildman–Crippen MR) is 96.2 cm³/mol. The highest BCUT2D eigenvalue weighted by atomic mass is 32.1. The number of phosphoric ester groups is 1. The molecular weight excluding hydrogens is 516 g/mol.